The number of aliphatic imine (C=N–C) groups is 1. The zero-order valence-electron chi connectivity index (χ0n) is 8.67. The number of benzene rings is 1. The summed E-state index contributed by atoms with van der Waals surface area (Å²) >= 11 is 3.52. The van der Waals surface area contributed by atoms with Crippen LogP contribution in [0.2, 0.25) is 0 Å². The molecule has 0 N–H and O–H groups in total. The first kappa shape index (κ1) is 9.59. The van der Waals surface area contributed by atoms with Gasteiger partial charge in [0.05, 0.1) is 5.69 Å². The van der Waals surface area contributed by atoms with Crippen molar-refractivity contribution in [1.82, 2.24) is 0 Å². The third-order valence-electron chi connectivity index (χ3n) is 3.50. The fraction of sp³-hybridized carbons (Fsp3) is 0.462. The maximum atomic E-state index is 4.77. The van der Waals surface area contributed by atoms with Crippen LogP contribution < -0.4 is 0 Å². The second-order valence-electron chi connectivity index (χ2n) is 4.53. The number of nitrogens with zero attached hydrogens (tertiary/aromatic N) is 1. The van der Waals surface area contributed by atoms with Gasteiger partial charge < -0.3 is 0 Å². The second kappa shape index (κ2) is 3.75. The average Bonchev–Trinajstić information content (AvgIpc) is 2.84. The highest BCUT2D eigenvalue weighted by Gasteiger charge is 2.25. The summed E-state index contributed by atoms with van der Waals surface area (Å²) in [6.07, 6.45) is 6.58. The van der Waals surface area contributed by atoms with E-state index in [1.807, 2.05) is 0 Å². The van der Waals surface area contributed by atoms with E-state index in [9.17, 15) is 0 Å². The summed E-state index contributed by atoms with van der Waals surface area (Å²) in [4.78, 5) is 4.77. The Hall–Kier alpha value is -0.630. The molecule has 0 radical (unpaired) electrons. The van der Waals surface area contributed by atoms with Crippen molar-refractivity contribution in [3.05, 3.63) is 28.2 Å². The highest BCUT2D eigenvalue weighted by Crippen LogP contribution is 2.35. The van der Waals surface area contributed by atoms with Crippen molar-refractivity contribution in [3.8, 4) is 0 Å². The van der Waals surface area contributed by atoms with Crippen molar-refractivity contribution in [2.75, 3.05) is 0 Å². The van der Waals surface area contributed by atoms with E-state index >= 15 is 0 Å². The molecule has 0 atom stereocenters. The molecule has 0 bridgehead atoms. The maximum Gasteiger partial charge on any atom is 0.0665 e. The van der Waals surface area contributed by atoms with Crippen molar-refractivity contribution in [2.24, 2.45) is 10.9 Å². The van der Waals surface area contributed by atoms with E-state index in [4.69, 9.17) is 4.99 Å². The fourth-order valence-electron chi connectivity index (χ4n) is 2.69. The van der Waals surface area contributed by atoms with Gasteiger partial charge in [0.1, 0.15) is 0 Å². The number of fused-ring (bicyclic) bond motifs is 1. The molecule has 15 heavy (non-hydrogen) atoms. The van der Waals surface area contributed by atoms with Gasteiger partial charge in [-0.15, -0.1) is 0 Å². The lowest BCUT2D eigenvalue weighted by atomic mass is 9.98. The van der Waals surface area contributed by atoms with E-state index in [0.29, 0.717) is 0 Å². The Kier molecular flexibility index (Phi) is 2.39. The average molecular weight is 264 g/mol. The highest BCUT2D eigenvalue weighted by molar-refractivity contribution is 9.10. The lowest BCUT2D eigenvalue weighted by Crippen LogP contribution is -2.10. The molecule has 0 spiro atoms. The van der Waals surface area contributed by atoms with E-state index in [1.165, 1.54) is 47.1 Å². The van der Waals surface area contributed by atoms with E-state index < -0.39 is 0 Å². The van der Waals surface area contributed by atoms with Crippen LogP contribution in [0.4, 0.5) is 5.69 Å². The first-order valence-electron chi connectivity index (χ1n) is 5.69. The Morgan fingerprint density at radius 2 is 2.00 bits per heavy atom. The molecule has 1 heterocycles. The number of halogens is 1. The van der Waals surface area contributed by atoms with Crippen molar-refractivity contribution >= 4 is 27.3 Å². The van der Waals surface area contributed by atoms with E-state index in [2.05, 4.69) is 34.1 Å². The molecule has 0 amide bonds. The fourth-order valence-corrected chi connectivity index (χ4v) is 3.10. The van der Waals surface area contributed by atoms with Gasteiger partial charge in [-0.05, 0) is 42.5 Å². The van der Waals surface area contributed by atoms with Gasteiger partial charge in [-0.2, -0.15) is 0 Å². The van der Waals surface area contributed by atoms with Crippen LogP contribution in [0.5, 0.6) is 0 Å². The van der Waals surface area contributed by atoms with Crippen molar-refractivity contribution in [3.63, 3.8) is 0 Å². The van der Waals surface area contributed by atoms with Gasteiger partial charge in [-0.1, -0.05) is 28.8 Å². The van der Waals surface area contributed by atoms with Crippen LogP contribution >= 0.6 is 15.9 Å². The molecule has 2 heteroatoms. The van der Waals surface area contributed by atoms with Crippen molar-refractivity contribution < 1.29 is 0 Å². The molecule has 1 fully saturated rings. The molecular formula is C13H14BrN. The molecule has 0 saturated heterocycles. The van der Waals surface area contributed by atoms with Crippen LogP contribution in [0.25, 0.3) is 0 Å². The monoisotopic (exact) mass is 263 g/mol. The van der Waals surface area contributed by atoms with Crippen LogP contribution in [0, 0.1) is 5.92 Å². The topological polar surface area (TPSA) is 12.4 Å². The normalized spacial score (nSPS) is 20.5. The molecule has 1 aromatic carbocycles. The summed E-state index contributed by atoms with van der Waals surface area (Å²) in [5, 5.41) is 0. The summed E-state index contributed by atoms with van der Waals surface area (Å²) < 4.78 is 1.17. The molecule has 1 aliphatic heterocycles. The summed E-state index contributed by atoms with van der Waals surface area (Å²) in [5.41, 5.74) is 4.02. The van der Waals surface area contributed by atoms with E-state index in [-0.39, 0.29) is 0 Å². The van der Waals surface area contributed by atoms with E-state index in [1.54, 1.807) is 0 Å². The van der Waals surface area contributed by atoms with Crippen LogP contribution in [0.3, 0.4) is 0 Å². The predicted molar refractivity (Wildman–Crippen MR) is 66.9 cm³/mol. The van der Waals surface area contributed by atoms with Gasteiger partial charge >= 0.3 is 0 Å². The molecule has 2 aliphatic rings. The van der Waals surface area contributed by atoms with Gasteiger partial charge in [0.25, 0.3) is 0 Å². The summed E-state index contributed by atoms with van der Waals surface area (Å²) in [5.74, 6) is 0.774. The van der Waals surface area contributed by atoms with Gasteiger partial charge in [0.2, 0.25) is 0 Å². The minimum absolute atomic E-state index is 0.774. The Morgan fingerprint density at radius 3 is 2.80 bits per heavy atom. The van der Waals surface area contributed by atoms with Gasteiger partial charge in [-0.25, -0.2) is 0 Å². The molecule has 0 aromatic heterocycles. The van der Waals surface area contributed by atoms with Crippen LogP contribution in [0.15, 0.2) is 27.7 Å². The van der Waals surface area contributed by atoms with Gasteiger partial charge in [-0.3, -0.25) is 4.99 Å². The lowest BCUT2D eigenvalue weighted by molar-refractivity contribution is 0.721. The zero-order chi connectivity index (χ0) is 10.3. The van der Waals surface area contributed by atoms with E-state index in [0.717, 1.165) is 12.3 Å². The largest absolute Gasteiger partial charge is 0.257 e. The first-order chi connectivity index (χ1) is 7.33. The van der Waals surface area contributed by atoms with Crippen LogP contribution in [0.1, 0.15) is 31.2 Å². The number of rotatable bonds is 1. The molecule has 1 nitrogen and oxygen atoms in total. The maximum absolute atomic E-state index is 4.77. The SMILES string of the molecule is Brc1ccc2c(c1)CC(C1CCCC1)=N2. The molecule has 0 unspecified atom stereocenters. The minimum atomic E-state index is 0.774. The molecule has 1 aromatic rings. The summed E-state index contributed by atoms with van der Waals surface area (Å²) in [6, 6.07) is 6.42. The molecule has 3 rings (SSSR count). The van der Waals surface area contributed by atoms with Gasteiger partial charge in [0.15, 0.2) is 0 Å². The summed E-state index contributed by atoms with van der Waals surface area (Å²) in [6.45, 7) is 0. The second-order valence-corrected chi connectivity index (χ2v) is 5.45. The van der Waals surface area contributed by atoms with Crippen LogP contribution in [-0.2, 0) is 6.42 Å². The zero-order valence-corrected chi connectivity index (χ0v) is 10.3. The molecule has 1 aliphatic carbocycles. The quantitative estimate of drug-likeness (QED) is 0.718. The Bertz CT molecular complexity index is 417. The number of hydrogen-bond acceptors (Lipinski definition) is 1. The van der Waals surface area contributed by atoms with Crippen LogP contribution in [-0.4, -0.2) is 5.71 Å². The Morgan fingerprint density at radius 1 is 1.20 bits per heavy atom. The first-order valence-corrected chi connectivity index (χ1v) is 6.48. The lowest BCUT2D eigenvalue weighted by Gasteiger charge is -2.07. The third-order valence-corrected chi connectivity index (χ3v) is 4.00. The van der Waals surface area contributed by atoms with Gasteiger partial charge in [0, 0.05) is 16.6 Å². The standard InChI is InChI=1S/C13H14BrN/c14-11-5-6-12-10(7-11)8-13(15-12)9-3-1-2-4-9/h5-7,9H,1-4,8H2. The highest BCUT2D eigenvalue weighted by atomic mass is 79.9. The molecular weight excluding hydrogens is 250 g/mol. The predicted octanol–water partition coefficient (Wildman–Crippen LogP) is 4.27. The van der Waals surface area contributed by atoms with Crippen molar-refractivity contribution in [1.29, 1.82) is 0 Å². The third kappa shape index (κ3) is 1.76. The molecule has 1 saturated carbocycles. The molecule has 78 valence electrons. The van der Waals surface area contributed by atoms with Crippen molar-refractivity contribution in [2.45, 2.75) is 32.1 Å². The Balaban J connectivity index is 1.87. The Labute approximate surface area is 98.7 Å². The summed E-state index contributed by atoms with van der Waals surface area (Å²) in [7, 11) is 0. The minimum Gasteiger partial charge on any atom is -0.257 e. The smallest absolute Gasteiger partial charge is 0.0665 e. The number of hydrogen-bond donors (Lipinski definition) is 0.